The zero-order valence-corrected chi connectivity index (χ0v) is 12.3. The standard InChI is InChI=1S/C14H16N4O2S/c1-11(18-21(19,20)14-8-10-16-17-14)13-6-4-12(5-7-13)3-2-9-15/h4-8,10-11,18H,9,15H2,1H3,(H,16,17). The molecule has 1 atom stereocenters. The molecule has 1 aromatic heterocycles. The van der Waals surface area contributed by atoms with Crippen LogP contribution in [0.25, 0.3) is 0 Å². The molecule has 0 fully saturated rings. The molecule has 110 valence electrons. The fraction of sp³-hybridized carbons (Fsp3) is 0.214. The van der Waals surface area contributed by atoms with E-state index < -0.39 is 10.0 Å². The highest BCUT2D eigenvalue weighted by Crippen LogP contribution is 2.16. The number of aromatic amines is 1. The smallest absolute Gasteiger partial charge is 0.258 e. The van der Waals surface area contributed by atoms with Crippen LogP contribution >= 0.6 is 0 Å². The van der Waals surface area contributed by atoms with Crippen LogP contribution in [0.1, 0.15) is 24.1 Å². The number of aromatic nitrogens is 2. The summed E-state index contributed by atoms with van der Waals surface area (Å²) in [5, 5.41) is 6.12. The molecule has 0 radical (unpaired) electrons. The quantitative estimate of drug-likeness (QED) is 0.726. The lowest BCUT2D eigenvalue weighted by Crippen LogP contribution is -2.27. The Morgan fingerprint density at radius 3 is 2.62 bits per heavy atom. The molecule has 0 saturated carbocycles. The summed E-state index contributed by atoms with van der Waals surface area (Å²) < 4.78 is 26.7. The van der Waals surface area contributed by atoms with Crippen molar-refractivity contribution in [3.05, 3.63) is 47.7 Å². The zero-order valence-electron chi connectivity index (χ0n) is 11.5. The van der Waals surface area contributed by atoms with E-state index in [2.05, 4.69) is 26.8 Å². The first kappa shape index (κ1) is 15.3. The van der Waals surface area contributed by atoms with Gasteiger partial charge in [0.05, 0.1) is 12.7 Å². The van der Waals surface area contributed by atoms with Gasteiger partial charge in [0, 0.05) is 11.6 Å². The molecule has 0 saturated heterocycles. The van der Waals surface area contributed by atoms with Gasteiger partial charge < -0.3 is 5.73 Å². The first-order valence-electron chi connectivity index (χ1n) is 6.33. The molecule has 7 heteroatoms. The average Bonchev–Trinajstić information content (AvgIpc) is 3.00. The van der Waals surface area contributed by atoms with Gasteiger partial charge in [-0.05, 0) is 30.7 Å². The lowest BCUT2D eigenvalue weighted by Gasteiger charge is -2.13. The third-order valence-corrected chi connectivity index (χ3v) is 4.31. The van der Waals surface area contributed by atoms with Crippen LogP contribution in [-0.4, -0.2) is 25.2 Å². The molecule has 2 aromatic rings. The van der Waals surface area contributed by atoms with Crippen LogP contribution in [0.4, 0.5) is 0 Å². The third-order valence-electron chi connectivity index (χ3n) is 2.84. The molecule has 6 nitrogen and oxygen atoms in total. The van der Waals surface area contributed by atoms with Crippen LogP contribution in [0, 0.1) is 11.8 Å². The normalized spacial score (nSPS) is 12.5. The lowest BCUT2D eigenvalue weighted by molar-refractivity contribution is 0.562. The predicted octanol–water partition coefficient (Wildman–Crippen LogP) is 0.759. The van der Waals surface area contributed by atoms with Crippen LogP contribution in [0.5, 0.6) is 0 Å². The van der Waals surface area contributed by atoms with Crippen molar-refractivity contribution in [3.63, 3.8) is 0 Å². The van der Waals surface area contributed by atoms with Crippen LogP contribution in [0.2, 0.25) is 0 Å². The number of H-pyrrole nitrogens is 1. The van der Waals surface area contributed by atoms with Crippen molar-refractivity contribution in [1.82, 2.24) is 14.9 Å². The van der Waals surface area contributed by atoms with E-state index in [1.807, 2.05) is 24.3 Å². The molecule has 0 aliphatic carbocycles. The van der Waals surface area contributed by atoms with Crippen LogP contribution in [-0.2, 0) is 10.0 Å². The minimum atomic E-state index is -3.60. The summed E-state index contributed by atoms with van der Waals surface area (Å²) in [4.78, 5) is 0. The highest BCUT2D eigenvalue weighted by molar-refractivity contribution is 7.89. The van der Waals surface area contributed by atoms with Crippen molar-refractivity contribution in [2.45, 2.75) is 18.0 Å². The fourth-order valence-electron chi connectivity index (χ4n) is 1.77. The second-order valence-electron chi connectivity index (χ2n) is 4.39. The minimum absolute atomic E-state index is 0.0415. The van der Waals surface area contributed by atoms with Crippen molar-refractivity contribution in [2.75, 3.05) is 6.54 Å². The van der Waals surface area contributed by atoms with Crippen LogP contribution in [0.15, 0.2) is 41.6 Å². The number of hydrogen-bond donors (Lipinski definition) is 3. The van der Waals surface area contributed by atoms with E-state index in [4.69, 9.17) is 5.73 Å². The van der Waals surface area contributed by atoms with Gasteiger partial charge >= 0.3 is 0 Å². The van der Waals surface area contributed by atoms with Gasteiger partial charge in [-0.15, -0.1) is 0 Å². The zero-order chi connectivity index (χ0) is 15.3. The van der Waals surface area contributed by atoms with Crippen molar-refractivity contribution in [2.24, 2.45) is 5.73 Å². The summed E-state index contributed by atoms with van der Waals surface area (Å²) in [6.07, 6.45) is 1.39. The Bertz CT molecular complexity index is 741. The van der Waals surface area contributed by atoms with Gasteiger partial charge in [0.2, 0.25) is 0 Å². The van der Waals surface area contributed by atoms with E-state index in [1.54, 1.807) is 6.92 Å². The molecule has 0 spiro atoms. The molecule has 0 bridgehead atoms. The number of nitrogens with two attached hydrogens (primary N) is 1. The minimum Gasteiger partial charge on any atom is -0.320 e. The van der Waals surface area contributed by atoms with E-state index in [0.717, 1.165) is 11.1 Å². The van der Waals surface area contributed by atoms with Crippen LogP contribution < -0.4 is 10.5 Å². The molecule has 21 heavy (non-hydrogen) atoms. The molecule has 2 rings (SSSR count). The molecule has 1 aromatic carbocycles. The second-order valence-corrected chi connectivity index (χ2v) is 6.07. The monoisotopic (exact) mass is 304 g/mol. The summed E-state index contributed by atoms with van der Waals surface area (Å²) in [6.45, 7) is 2.08. The number of benzene rings is 1. The molecule has 0 aliphatic rings. The Morgan fingerprint density at radius 2 is 2.05 bits per heavy atom. The second kappa shape index (κ2) is 6.54. The largest absolute Gasteiger partial charge is 0.320 e. The van der Waals surface area contributed by atoms with Gasteiger partial charge in [0.25, 0.3) is 10.0 Å². The Kier molecular flexibility index (Phi) is 4.75. The van der Waals surface area contributed by atoms with E-state index in [-0.39, 0.29) is 11.1 Å². The van der Waals surface area contributed by atoms with Crippen molar-refractivity contribution >= 4 is 10.0 Å². The van der Waals surface area contributed by atoms with Gasteiger partial charge in [0.1, 0.15) is 0 Å². The van der Waals surface area contributed by atoms with E-state index in [1.165, 1.54) is 12.3 Å². The number of nitrogens with one attached hydrogen (secondary N) is 2. The average molecular weight is 304 g/mol. The summed E-state index contributed by atoms with van der Waals surface area (Å²) in [5.74, 6) is 5.68. The summed E-state index contributed by atoms with van der Waals surface area (Å²) in [7, 11) is -3.60. The first-order chi connectivity index (χ1) is 10.0. The number of nitrogens with zero attached hydrogens (tertiary/aromatic N) is 1. The fourth-order valence-corrected chi connectivity index (χ4v) is 2.91. The number of hydrogen-bond acceptors (Lipinski definition) is 4. The highest BCUT2D eigenvalue weighted by Gasteiger charge is 2.19. The third kappa shape index (κ3) is 3.92. The maximum Gasteiger partial charge on any atom is 0.258 e. The Hall–Kier alpha value is -2.14. The van der Waals surface area contributed by atoms with Crippen molar-refractivity contribution in [1.29, 1.82) is 0 Å². The molecular weight excluding hydrogens is 288 g/mol. The first-order valence-corrected chi connectivity index (χ1v) is 7.82. The van der Waals surface area contributed by atoms with Gasteiger partial charge in [-0.1, -0.05) is 24.0 Å². The molecular formula is C14H16N4O2S. The molecule has 1 unspecified atom stereocenters. The van der Waals surface area contributed by atoms with E-state index >= 15 is 0 Å². The molecule has 1 heterocycles. The van der Waals surface area contributed by atoms with Crippen molar-refractivity contribution < 1.29 is 8.42 Å². The molecule has 0 amide bonds. The topological polar surface area (TPSA) is 101 Å². The van der Waals surface area contributed by atoms with E-state index in [0.29, 0.717) is 6.54 Å². The summed E-state index contributed by atoms with van der Waals surface area (Å²) >= 11 is 0. The predicted molar refractivity (Wildman–Crippen MR) is 79.7 cm³/mol. The summed E-state index contributed by atoms with van der Waals surface area (Å²) in [5.41, 5.74) is 7.00. The van der Waals surface area contributed by atoms with Crippen LogP contribution in [0.3, 0.4) is 0 Å². The maximum atomic E-state index is 12.1. The Labute approximate surface area is 123 Å². The van der Waals surface area contributed by atoms with Gasteiger partial charge in [0.15, 0.2) is 5.03 Å². The SMILES string of the molecule is CC(NS(=O)(=O)c1ccn[nH]1)c1ccc(C#CCN)cc1. The van der Waals surface area contributed by atoms with E-state index in [9.17, 15) is 8.42 Å². The number of rotatable bonds is 4. The van der Waals surface area contributed by atoms with Crippen molar-refractivity contribution in [3.8, 4) is 11.8 Å². The Morgan fingerprint density at radius 1 is 1.33 bits per heavy atom. The molecule has 0 aliphatic heterocycles. The molecule has 4 N–H and O–H groups in total. The summed E-state index contributed by atoms with van der Waals surface area (Å²) in [6, 6.07) is 8.37. The Balaban J connectivity index is 2.12. The van der Waals surface area contributed by atoms with Gasteiger partial charge in [-0.3, -0.25) is 5.10 Å². The number of sulfonamides is 1. The van der Waals surface area contributed by atoms with Gasteiger partial charge in [-0.2, -0.15) is 5.10 Å². The van der Waals surface area contributed by atoms with Gasteiger partial charge in [-0.25, -0.2) is 13.1 Å². The highest BCUT2D eigenvalue weighted by atomic mass is 32.2. The maximum absolute atomic E-state index is 12.1. The lowest BCUT2D eigenvalue weighted by atomic mass is 10.1.